The van der Waals surface area contributed by atoms with Gasteiger partial charge in [-0.05, 0) is 19.1 Å². The Balaban J connectivity index is 1.75. The minimum atomic E-state index is -0.215. The van der Waals surface area contributed by atoms with Crippen LogP contribution in [0, 0.1) is 6.92 Å². The molecule has 3 heterocycles. The first-order valence-electron chi connectivity index (χ1n) is 6.83. The zero-order valence-electron chi connectivity index (χ0n) is 12.1. The van der Waals surface area contributed by atoms with Gasteiger partial charge in [-0.2, -0.15) is 5.10 Å². The van der Waals surface area contributed by atoms with E-state index < -0.39 is 0 Å². The van der Waals surface area contributed by atoms with E-state index in [4.69, 9.17) is 4.74 Å². The van der Waals surface area contributed by atoms with Gasteiger partial charge in [0.25, 0.3) is 5.91 Å². The van der Waals surface area contributed by atoms with Crippen LogP contribution in [-0.2, 0) is 11.8 Å². The van der Waals surface area contributed by atoms with E-state index in [9.17, 15) is 4.79 Å². The number of carbonyl (C=O) groups excluding carboxylic acids is 1. The topological polar surface area (TPSA) is 73.1 Å². The molecule has 0 spiro atoms. The number of aryl methyl sites for hydroxylation is 2. The van der Waals surface area contributed by atoms with Gasteiger partial charge in [-0.3, -0.25) is 9.48 Å². The van der Waals surface area contributed by atoms with Crippen molar-refractivity contribution < 1.29 is 9.53 Å². The summed E-state index contributed by atoms with van der Waals surface area (Å²) in [7, 11) is 1.79. The molecule has 0 N–H and O–H groups in total. The molecule has 0 unspecified atom stereocenters. The maximum Gasteiger partial charge on any atom is 0.274 e. The smallest absolute Gasteiger partial charge is 0.274 e. The van der Waals surface area contributed by atoms with Gasteiger partial charge in [-0.1, -0.05) is 0 Å². The summed E-state index contributed by atoms with van der Waals surface area (Å²) in [6.45, 7) is 3.37. The molecule has 2 aromatic heterocycles. The van der Waals surface area contributed by atoms with Crippen molar-refractivity contribution in [3.8, 4) is 0 Å². The van der Waals surface area contributed by atoms with Crippen molar-refractivity contribution in [2.24, 2.45) is 7.05 Å². The van der Waals surface area contributed by atoms with Crippen molar-refractivity contribution >= 4 is 5.91 Å². The predicted octanol–water partition coefficient (Wildman–Crippen LogP) is 0.732. The van der Waals surface area contributed by atoms with Gasteiger partial charge >= 0.3 is 0 Å². The quantitative estimate of drug-likeness (QED) is 0.814. The van der Waals surface area contributed by atoms with E-state index >= 15 is 0 Å². The highest BCUT2D eigenvalue weighted by Gasteiger charge is 2.28. The Labute approximate surface area is 122 Å². The molecule has 0 aromatic carbocycles. The van der Waals surface area contributed by atoms with Crippen molar-refractivity contribution in [3.63, 3.8) is 0 Å². The minimum absolute atomic E-state index is 0.0744. The number of ether oxygens (including phenoxy) is 1. The SMILES string of the molecule is Cc1nccc([C@H]2CN(C(=O)c3ccn(C)n3)CCO2)n1. The Bertz CT molecular complexity index is 654. The molecular weight excluding hydrogens is 270 g/mol. The number of rotatable bonds is 2. The van der Waals surface area contributed by atoms with Crippen LogP contribution in [0.1, 0.15) is 28.1 Å². The summed E-state index contributed by atoms with van der Waals surface area (Å²) in [4.78, 5) is 22.6. The first-order valence-corrected chi connectivity index (χ1v) is 6.83. The Hall–Kier alpha value is -2.28. The predicted molar refractivity (Wildman–Crippen MR) is 74.6 cm³/mol. The normalized spacial score (nSPS) is 18.8. The summed E-state index contributed by atoms with van der Waals surface area (Å²) in [6, 6.07) is 3.55. The summed E-state index contributed by atoms with van der Waals surface area (Å²) in [5.41, 5.74) is 1.26. The minimum Gasteiger partial charge on any atom is -0.368 e. The maximum absolute atomic E-state index is 12.4. The second-order valence-corrected chi connectivity index (χ2v) is 5.01. The molecule has 0 saturated carbocycles. The van der Waals surface area contributed by atoms with Gasteiger partial charge in [0.15, 0.2) is 0 Å². The number of hydrogen-bond acceptors (Lipinski definition) is 5. The number of aromatic nitrogens is 4. The van der Waals surface area contributed by atoms with Crippen LogP contribution in [0.2, 0.25) is 0 Å². The molecule has 7 nitrogen and oxygen atoms in total. The first kappa shape index (κ1) is 13.7. The van der Waals surface area contributed by atoms with E-state index in [0.717, 1.165) is 5.69 Å². The van der Waals surface area contributed by atoms with E-state index in [2.05, 4.69) is 15.1 Å². The van der Waals surface area contributed by atoms with Crippen molar-refractivity contribution in [2.75, 3.05) is 19.7 Å². The molecular formula is C14H17N5O2. The molecule has 7 heteroatoms. The van der Waals surface area contributed by atoms with Gasteiger partial charge in [-0.25, -0.2) is 9.97 Å². The second kappa shape index (κ2) is 5.61. The van der Waals surface area contributed by atoms with Crippen molar-refractivity contribution in [1.82, 2.24) is 24.6 Å². The Kier molecular flexibility index (Phi) is 3.66. The molecule has 1 aliphatic heterocycles. The molecule has 3 rings (SSSR count). The number of hydrogen-bond donors (Lipinski definition) is 0. The Morgan fingerprint density at radius 3 is 3.00 bits per heavy atom. The molecule has 0 bridgehead atoms. The second-order valence-electron chi connectivity index (χ2n) is 5.01. The fraction of sp³-hybridized carbons (Fsp3) is 0.429. The summed E-state index contributed by atoms with van der Waals surface area (Å²) in [5, 5.41) is 4.16. The maximum atomic E-state index is 12.4. The van der Waals surface area contributed by atoms with E-state index in [1.165, 1.54) is 0 Å². The highest BCUT2D eigenvalue weighted by atomic mass is 16.5. The molecule has 0 aliphatic carbocycles. The van der Waals surface area contributed by atoms with Crippen LogP contribution in [0.5, 0.6) is 0 Å². The lowest BCUT2D eigenvalue weighted by Crippen LogP contribution is -2.42. The Morgan fingerprint density at radius 2 is 2.29 bits per heavy atom. The van der Waals surface area contributed by atoms with Crippen LogP contribution in [0.4, 0.5) is 0 Å². The zero-order chi connectivity index (χ0) is 14.8. The molecule has 1 saturated heterocycles. The fourth-order valence-corrected chi connectivity index (χ4v) is 2.36. The first-order chi connectivity index (χ1) is 10.1. The van der Waals surface area contributed by atoms with Gasteiger partial charge in [0, 0.05) is 26.0 Å². The van der Waals surface area contributed by atoms with Crippen LogP contribution in [0.15, 0.2) is 24.5 Å². The molecule has 1 amide bonds. The summed E-state index contributed by atoms with van der Waals surface area (Å²) < 4.78 is 7.35. The molecule has 21 heavy (non-hydrogen) atoms. The van der Waals surface area contributed by atoms with Crippen LogP contribution >= 0.6 is 0 Å². The molecule has 0 radical (unpaired) electrons. The van der Waals surface area contributed by atoms with Gasteiger partial charge in [0.05, 0.1) is 18.8 Å². The van der Waals surface area contributed by atoms with E-state index in [1.54, 1.807) is 35.1 Å². The average Bonchev–Trinajstić information content (AvgIpc) is 2.93. The largest absolute Gasteiger partial charge is 0.368 e. The van der Waals surface area contributed by atoms with E-state index in [1.807, 2.05) is 13.0 Å². The lowest BCUT2D eigenvalue weighted by atomic mass is 10.2. The van der Waals surface area contributed by atoms with Crippen LogP contribution < -0.4 is 0 Å². The fourth-order valence-electron chi connectivity index (χ4n) is 2.36. The zero-order valence-corrected chi connectivity index (χ0v) is 12.1. The van der Waals surface area contributed by atoms with E-state index in [0.29, 0.717) is 31.2 Å². The number of morpholine rings is 1. The van der Waals surface area contributed by atoms with Crippen molar-refractivity contribution in [3.05, 3.63) is 41.7 Å². The average molecular weight is 287 g/mol. The van der Waals surface area contributed by atoms with Crippen LogP contribution in [-0.4, -0.2) is 50.3 Å². The van der Waals surface area contributed by atoms with Gasteiger partial charge in [0.1, 0.15) is 17.6 Å². The molecule has 1 atom stereocenters. The third-order valence-corrected chi connectivity index (χ3v) is 3.41. The van der Waals surface area contributed by atoms with Gasteiger partial charge in [-0.15, -0.1) is 0 Å². The van der Waals surface area contributed by atoms with Gasteiger partial charge in [0.2, 0.25) is 0 Å². The van der Waals surface area contributed by atoms with Crippen molar-refractivity contribution in [1.29, 1.82) is 0 Å². The van der Waals surface area contributed by atoms with E-state index in [-0.39, 0.29) is 12.0 Å². The molecule has 2 aromatic rings. The standard InChI is InChI=1S/C14H17N5O2/c1-10-15-5-3-11(16-10)13-9-19(7-8-21-13)14(20)12-4-6-18(2)17-12/h3-6,13H,7-9H2,1-2H3/t13-/m1/s1. The molecule has 1 aliphatic rings. The summed E-state index contributed by atoms with van der Waals surface area (Å²) in [5.74, 6) is 0.624. The molecule has 110 valence electrons. The molecule has 1 fully saturated rings. The number of amides is 1. The third-order valence-electron chi connectivity index (χ3n) is 3.41. The number of carbonyl (C=O) groups is 1. The lowest BCUT2D eigenvalue weighted by Gasteiger charge is -2.32. The summed E-state index contributed by atoms with van der Waals surface area (Å²) >= 11 is 0. The lowest BCUT2D eigenvalue weighted by molar-refractivity contribution is -0.0250. The monoisotopic (exact) mass is 287 g/mol. The highest BCUT2D eigenvalue weighted by Crippen LogP contribution is 2.21. The van der Waals surface area contributed by atoms with Crippen LogP contribution in [0.25, 0.3) is 0 Å². The Morgan fingerprint density at radius 1 is 1.43 bits per heavy atom. The third kappa shape index (κ3) is 2.92. The van der Waals surface area contributed by atoms with Gasteiger partial charge < -0.3 is 9.64 Å². The number of nitrogens with zero attached hydrogens (tertiary/aromatic N) is 5. The summed E-state index contributed by atoms with van der Waals surface area (Å²) in [6.07, 6.45) is 3.26. The van der Waals surface area contributed by atoms with Crippen LogP contribution in [0.3, 0.4) is 0 Å². The highest BCUT2D eigenvalue weighted by molar-refractivity contribution is 5.92. The van der Waals surface area contributed by atoms with Crippen molar-refractivity contribution in [2.45, 2.75) is 13.0 Å².